The number of rotatable bonds is 3. The first-order valence-corrected chi connectivity index (χ1v) is 6.65. The number of nitrogens with zero attached hydrogens (tertiary/aromatic N) is 3. The standard InChI is InChI=1S/C12H13IN4O/c1-8(2)11-4-3-10(6-14-11)16-12(18)9-5-15-17(13)7-9/h3,5-8H,4H2,1-2H3/p+1. The van der Waals surface area contributed by atoms with E-state index in [1.165, 1.54) is 6.20 Å². The van der Waals surface area contributed by atoms with Gasteiger partial charge in [0.25, 0.3) is 11.6 Å². The van der Waals surface area contributed by atoms with E-state index in [4.69, 9.17) is 0 Å². The number of nitrogens with one attached hydrogen (secondary N) is 1. The summed E-state index contributed by atoms with van der Waals surface area (Å²) in [5.41, 5.74) is 2.41. The monoisotopic (exact) mass is 357 g/mol. The van der Waals surface area contributed by atoms with Gasteiger partial charge in [-0.15, -0.1) is 0 Å². The molecule has 0 bridgehead atoms. The van der Waals surface area contributed by atoms with Crippen molar-refractivity contribution in [1.82, 2.24) is 18.0 Å². The Bertz CT molecular complexity index is 564. The lowest BCUT2D eigenvalue weighted by Crippen LogP contribution is -2.26. The summed E-state index contributed by atoms with van der Waals surface area (Å²) in [5, 5.41) is 6.76. The van der Waals surface area contributed by atoms with Gasteiger partial charge in [0.2, 0.25) is 0 Å². The molecule has 1 N–H and O–H groups in total. The Morgan fingerprint density at radius 1 is 1.61 bits per heavy atom. The van der Waals surface area contributed by atoms with Crippen molar-refractivity contribution in [3.8, 4) is 0 Å². The van der Waals surface area contributed by atoms with Crippen molar-refractivity contribution in [3.05, 3.63) is 29.7 Å². The Kier molecular flexibility index (Phi) is 3.98. The van der Waals surface area contributed by atoms with E-state index in [-0.39, 0.29) is 5.91 Å². The highest BCUT2D eigenvalue weighted by Gasteiger charge is 2.19. The molecular weight excluding hydrogens is 343 g/mol. The lowest BCUT2D eigenvalue weighted by atomic mass is 10.0. The van der Waals surface area contributed by atoms with Crippen LogP contribution in [0.4, 0.5) is 0 Å². The molecule has 5 nitrogen and oxygen atoms in total. The summed E-state index contributed by atoms with van der Waals surface area (Å²) >= 11 is 2.00. The van der Waals surface area contributed by atoms with Gasteiger partial charge in [0.05, 0.1) is 47.0 Å². The minimum absolute atomic E-state index is 0.163. The number of hydrogen-bond donors (Lipinski definition) is 1. The van der Waals surface area contributed by atoms with Crippen LogP contribution in [0.2, 0.25) is 0 Å². The first kappa shape index (κ1) is 13.0. The minimum Gasteiger partial charge on any atom is -0.316 e. The second-order valence-corrected chi connectivity index (χ2v) is 5.33. The van der Waals surface area contributed by atoms with Crippen molar-refractivity contribution in [2.24, 2.45) is 5.92 Å². The van der Waals surface area contributed by atoms with Gasteiger partial charge in [0.1, 0.15) is 5.70 Å². The van der Waals surface area contributed by atoms with Gasteiger partial charge in [0.15, 0.2) is 0 Å². The number of amides is 1. The van der Waals surface area contributed by atoms with Crippen molar-refractivity contribution >= 4 is 40.7 Å². The third-order valence-electron chi connectivity index (χ3n) is 2.64. The number of aromatic nitrogens is 2. The van der Waals surface area contributed by atoms with Crippen LogP contribution in [0.15, 0.2) is 24.2 Å². The van der Waals surface area contributed by atoms with Gasteiger partial charge in [-0.05, 0) is 6.08 Å². The van der Waals surface area contributed by atoms with E-state index in [0.29, 0.717) is 11.5 Å². The predicted octanol–water partition coefficient (Wildman–Crippen LogP) is 1.33. The smallest absolute Gasteiger partial charge is 0.315 e. The summed E-state index contributed by atoms with van der Waals surface area (Å²) in [4.78, 5) is 11.9. The van der Waals surface area contributed by atoms with Gasteiger partial charge in [-0.2, -0.15) is 5.10 Å². The lowest BCUT2D eigenvalue weighted by molar-refractivity contribution is 0.0968. The molecule has 1 aromatic heterocycles. The molecule has 1 aromatic rings. The molecular formula is C12H14IN4O+. The number of carbonyl (C=O) groups excluding carboxylic acids is 1. The Hall–Kier alpha value is -1.40. The Balaban J connectivity index is 2.04. The van der Waals surface area contributed by atoms with Gasteiger partial charge < -0.3 is 5.32 Å². The molecule has 18 heavy (non-hydrogen) atoms. The summed E-state index contributed by atoms with van der Waals surface area (Å²) < 4.78 is 5.92. The van der Waals surface area contributed by atoms with Gasteiger partial charge in [-0.1, -0.05) is 18.5 Å². The fourth-order valence-electron chi connectivity index (χ4n) is 1.56. The van der Waals surface area contributed by atoms with Gasteiger partial charge >= 0.3 is 6.21 Å². The number of hydrogen-bond acceptors (Lipinski definition) is 2. The molecule has 2 heterocycles. The molecule has 0 aliphatic carbocycles. The maximum atomic E-state index is 11.9. The van der Waals surface area contributed by atoms with Crippen LogP contribution in [0.3, 0.4) is 0 Å². The average molecular weight is 357 g/mol. The Morgan fingerprint density at radius 2 is 2.39 bits per heavy atom. The third-order valence-corrected chi connectivity index (χ3v) is 3.17. The van der Waals surface area contributed by atoms with E-state index < -0.39 is 0 Å². The summed E-state index contributed by atoms with van der Waals surface area (Å²) in [6, 6.07) is 0. The van der Waals surface area contributed by atoms with Crippen molar-refractivity contribution in [2.75, 3.05) is 0 Å². The van der Waals surface area contributed by atoms with E-state index in [9.17, 15) is 4.79 Å². The summed E-state index contributed by atoms with van der Waals surface area (Å²) in [6.45, 7) is 4.22. The minimum atomic E-state index is -0.163. The molecule has 0 spiro atoms. The topological polar surface area (TPSA) is 61.0 Å². The maximum Gasteiger partial charge on any atom is 0.315 e. The zero-order valence-corrected chi connectivity index (χ0v) is 12.4. The van der Waals surface area contributed by atoms with Gasteiger partial charge in [0, 0.05) is 6.20 Å². The van der Waals surface area contributed by atoms with E-state index >= 15 is 0 Å². The molecule has 0 fully saturated rings. The molecule has 1 aliphatic heterocycles. The van der Waals surface area contributed by atoms with Crippen LogP contribution < -0.4 is 9.98 Å². The highest BCUT2D eigenvalue weighted by Crippen LogP contribution is 2.05. The van der Waals surface area contributed by atoms with E-state index in [1.54, 1.807) is 15.3 Å². The molecule has 2 rings (SSSR count). The van der Waals surface area contributed by atoms with Crippen LogP contribution in [-0.2, 0) is 0 Å². The summed E-state index contributed by atoms with van der Waals surface area (Å²) in [7, 11) is 0. The quantitative estimate of drug-likeness (QED) is 0.656. The first-order valence-electron chi connectivity index (χ1n) is 5.68. The van der Waals surface area contributed by atoms with Crippen molar-refractivity contribution in [3.63, 3.8) is 0 Å². The molecule has 0 radical (unpaired) electrons. The van der Waals surface area contributed by atoms with Crippen molar-refractivity contribution in [2.45, 2.75) is 20.3 Å². The highest BCUT2D eigenvalue weighted by atomic mass is 127. The molecule has 0 saturated heterocycles. The van der Waals surface area contributed by atoms with Crippen LogP contribution in [0.25, 0.3) is 0 Å². The number of allylic oxidation sites excluding steroid dienone is 2. The summed E-state index contributed by atoms with van der Waals surface area (Å²) in [5.74, 6) is 0.274. The fraction of sp³-hybridized carbons (Fsp3) is 0.333. The molecule has 6 heteroatoms. The van der Waals surface area contributed by atoms with E-state index in [0.717, 1.165) is 17.8 Å². The zero-order chi connectivity index (χ0) is 13.1. The molecule has 0 atom stereocenters. The fourth-order valence-corrected chi connectivity index (χ4v) is 1.98. The maximum absolute atomic E-state index is 11.9. The average Bonchev–Trinajstić information content (AvgIpc) is 2.76. The predicted molar refractivity (Wildman–Crippen MR) is 79.9 cm³/mol. The van der Waals surface area contributed by atoms with E-state index in [1.807, 2.05) is 28.9 Å². The second kappa shape index (κ2) is 5.49. The zero-order valence-electron chi connectivity index (χ0n) is 10.2. The third kappa shape index (κ3) is 3.08. The first-order chi connectivity index (χ1) is 8.56. The van der Waals surface area contributed by atoms with Gasteiger partial charge in [-0.3, -0.25) is 4.79 Å². The molecule has 0 aromatic carbocycles. The molecule has 1 aliphatic rings. The molecule has 0 unspecified atom stereocenters. The second-order valence-electron chi connectivity index (χ2n) is 4.34. The van der Waals surface area contributed by atoms with Crippen LogP contribution in [0.1, 0.15) is 30.6 Å². The van der Waals surface area contributed by atoms with Gasteiger partial charge in [-0.25, -0.2) is 2.90 Å². The highest BCUT2D eigenvalue weighted by molar-refractivity contribution is 14.1. The van der Waals surface area contributed by atoms with Crippen LogP contribution in [0, 0.1) is 5.92 Å². The molecule has 1 amide bonds. The molecule has 0 saturated carbocycles. The number of carbonyl (C=O) groups is 1. The van der Waals surface area contributed by atoms with Crippen molar-refractivity contribution < 1.29 is 4.79 Å². The largest absolute Gasteiger partial charge is 0.316 e. The van der Waals surface area contributed by atoms with Crippen molar-refractivity contribution in [1.29, 1.82) is 0 Å². The van der Waals surface area contributed by atoms with Crippen LogP contribution >= 0.6 is 22.9 Å². The van der Waals surface area contributed by atoms with Crippen LogP contribution in [-0.4, -0.2) is 25.8 Å². The molecule has 94 valence electrons. The van der Waals surface area contributed by atoms with Crippen LogP contribution in [0.5, 0.6) is 0 Å². The Morgan fingerprint density at radius 3 is 2.89 bits per heavy atom. The Labute approximate surface area is 119 Å². The van der Waals surface area contributed by atoms with E-state index in [2.05, 4.69) is 28.9 Å². The number of halogens is 1. The lowest BCUT2D eigenvalue weighted by Gasteiger charge is -2.03. The summed E-state index contributed by atoms with van der Waals surface area (Å²) in [6.07, 6.45) is 7.67. The normalized spacial score (nSPS) is 14.4. The SMILES string of the molecule is CC(C)C1=[N+]=CC(NC(=O)c2cnn(I)c2)=CC1.